The fourth-order valence-electron chi connectivity index (χ4n) is 8.25. The lowest BCUT2D eigenvalue weighted by molar-refractivity contribution is -0.332. The second-order valence-corrected chi connectivity index (χ2v) is 19.0. The topological polar surface area (TPSA) is 214 Å². The fraction of sp³-hybridized carbons (Fsp3) is 0.804. The van der Waals surface area contributed by atoms with Crippen LogP contribution in [-0.2, 0) is 33.2 Å². The van der Waals surface area contributed by atoms with Gasteiger partial charge in [-0.2, -0.15) is 0 Å². The molecule has 2 rings (SSSR count). The lowest BCUT2D eigenvalue weighted by atomic mass is 9.98. The molecule has 0 aromatic rings. The van der Waals surface area contributed by atoms with E-state index in [2.05, 4.69) is 74.6 Å². The van der Waals surface area contributed by atoms with E-state index in [-0.39, 0.29) is 19.6 Å². The Morgan fingerprint density at radius 1 is 0.471 bits per heavy atom. The predicted octanol–water partition coefficient (Wildman–Crippen LogP) is 8.91. The normalized spacial score (nSPS) is 26.0. The number of aliphatic hydroxyl groups excluding tert-OH is 7. The Morgan fingerprint density at radius 2 is 0.900 bits per heavy atom. The maximum absolute atomic E-state index is 13.0. The molecule has 0 saturated carbocycles. The summed E-state index contributed by atoms with van der Waals surface area (Å²) in [6.45, 7) is 3.59. The van der Waals surface area contributed by atoms with Crippen molar-refractivity contribution >= 4 is 5.97 Å². The summed E-state index contributed by atoms with van der Waals surface area (Å²) < 4.78 is 34.3. The molecule has 11 atom stereocenters. The Balaban J connectivity index is 1.74. The minimum atomic E-state index is -1.71. The molecule has 2 aliphatic heterocycles. The Kier molecular flexibility index (Phi) is 39.3. The zero-order valence-electron chi connectivity index (χ0n) is 43.2. The molecule has 0 radical (unpaired) electrons. The molecule has 11 unspecified atom stereocenters. The number of unbranched alkanes of at least 4 members (excludes halogenated alkanes) is 19. The van der Waals surface area contributed by atoms with Crippen molar-refractivity contribution in [1.82, 2.24) is 0 Å². The van der Waals surface area contributed by atoms with Crippen molar-refractivity contribution in [2.45, 2.75) is 255 Å². The first-order valence-electron chi connectivity index (χ1n) is 27.4. The summed E-state index contributed by atoms with van der Waals surface area (Å²) in [5.41, 5.74) is 0. The highest BCUT2D eigenvalue weighted by atomic mass is 16.7. The van der Waals surface area contributed by atoms with Crippen LogP contribution >= 0.6 is 0 Å². The number of hydrogen-bond acceptors (Lipinski definition) is 14. The summed E-state index contributed by atoms with van der Waals surface area (Å²) in [5.74, 6) is -0.396. The molecule has 14 nitrogen and oxygen atoms in total. The number of rotatable bonds is 43. The molecule has 7 N–H and O–H groups in total. The number of esters is 1. The molecule has 2 saturated heterocycles. The number of carbonyl (C=O) groups excluding carboxylic acids is 1. The Morgan fingerprint density at radius 3 is 1.43 bits per heavy atom. The molecule has 0 aromatic heterocycles. The lowest BCUT2D eigenvalue weighted by Crippen LogP contribution is -2.61. The van der Waals surface area contributed by atoms with Crippen LogP contribution in [0.15, 0.2) is 60.8 Å². The van der Waals surface area contributed by atoms with E-state index in [0.717, 1.165) is 83.5 Å². The first-order valence-corrected chi connectivity index (χ1v) is 27.4. The molecule has 70 heavy (non-hydrogen) atoms. The van der Waals surface area contributed by atoms with E-state index in [4.69, 9.17) is 28.4 Å². The average Bonchev–Trinajstić information content (AvgIpc) is 3.36. The summed E-state index contributed by atoms with van der Waals surface area (Å²) in [5, 5.41) is 72.2. The molecule has 14 heteroatoms. The molecular formula is C56H98O14. The van der Waals surface area contributed by atoms with Gasteiger partial charge in [-0.1, -0.05) is 164 Å². The molecule has 0 aromatic carbocycles. The maximum Gasteiger partial charge on any atom is 0.306 e. The van der Waals surface area contributed by atoms with Crippen LogP contribution in [0.3, 0.4) is 0 Å². The van der Waals surface area contributed by atoms with Gasteiger partial charge in [0.15, 0.2) is 12.6 Å². The Labute approximate surface area is 422 Å². The third-order valence-corrected chi connectivity index (χ3v) is 12.7. The van der Waals surface area contributed by atoms with Crippen molar-refractivity contribution in [2.24, 2.45) is 0 Å². The van der Waals surface area contributed by atoms with Crippen LogP contribution in [-0.4, -0.2) is 142 Å². The first kappa shape index (κ1) is 63.8. The van der Waals surface area contributed by atoms with Gasteiger partial charge in [-0.25, -0.2) is 0 Å². The summed E-state index contributed by atoms with van der Waals surface area (Å²) in [6.07, 6.45) is 35.6. The van der Waals surface area contributed by atoms with Crippen molar-refractivity contribution < 1.29 is 69.0 Å². The lowest BCUT2D eigenvalue weighted by Gasteiger charge is -2.42. The molecule has 2 heterocycles. The van der Waals surface area contributed by atoms with Crippen molar-refractivity contribution in [1.29, 1.82) is 0 Å². The quantitative estimate of drug-likeness (QED) is 0.0173. The third-order valence-electron chi connectivity index (χ3n) is 12.7. The van der Waals surface area contributed by atoms with Crippen LogP contribution < -0.4 is 0 Å². The number of aliphatic hydroxyl groups is 7. The van der Waals surface area contributed by atoms with Gasteiger partial charge in [0.25, 0.3) is 0 Å². The van der Waals surface area contributed by atoms with Gasteiger partial charge in [-0.15, -0.1) is 0 Å². The SMILES string of the molecule is CCCC/C=C\C/C=C\CCCCCCCC(=O)OC(COCCCCCCCCC/C=C\C/C=C\C/C=C\CCCCCCC)COC1OC(COC2OC(CO)C(O)C(O)C2O)C(O)C(O)C1O. The number of ether oxygens (including phenoxy) is 6. The summed E-state index contributed by atoms with van der Waals surface area (Å²) in [6, 6.07) is 0. The second kappa shape index (κ2) is 43.1. The van der Waals surface area contributed by atoms with Crippen LogP contribution in [0.5, 0.6) is 0 Å². The van der Waals surface area contributed by atoms with Crippen molar-refractivity contribution in [3.05, 3.63) is 60.8 Å². The maximum atomic E-state index is 13.0. The van der Waals surface area contributed by atoms with Crippen LogP contribution in [0.4, 0.5) is 0 Å². The number of allylic oxidation sites excluding steroid dienone is 10. The van der Waals surface area contributed by atoms with Crippen LogP contribution in [0.25, 0.3) is 0 Å². The molecular weight excluding hydrogens is 897 g/mol. The highest BCUT2D eigenvalue weighted by Crippen LogP contribution is 2.26. The molecule has 0 bridgehead atoms. The summed E-state index contributed by atoms with van der Waals surface area (Å²) in [4.78, 5) is 13.0. The zero-order valence-corrected chi connectivity index (χ0v) is 43.2. The van der Waals surface area contributed by atoms with Gasteiger partial charge >= 0.3 is 5.97 Å². The Bertz CT molecular complexity index is 1390. The minimum Gasteiger partial charge on any atom is -0.457 e. The predicted molar refractivity (Wildman–Crippen MR) is 275 cm³/mol. The van der Waals surface area contributed by atoms with Crippen molar-refractivity contribution in [2.75, 3.05) is 33.0 Å². The third kappa shape index (κ3) is 30.0. The van der Waals surface area contributed by atoms with E-state index in [1.54, 1.807) is 0 Å². The molecule has 2 fully saturated rings. The molecule has 0 amide bonds. The van der Waals surface area contributed by atoms with Gasteiger partial charge in [0.2, 0.25) is 0 Å². The smallest absolute Gasteiger partial charge is 0.306 e. The van der Waals surface area contributed by atoms with E-state index in [9.17, 15) is 40.5 Å². The van der Waals surface area contributed by atoms with Gasteiger partial charge < -0.3 is 64.2 Å². The minimum absolute atomic E-state index is 0.0467. The monoisotopic (exact) mass is 995 g/mol. The van der Waals surface area contributed by atoms with E-state index < -0.39 is 86.7 Å². The molecule has 2 aliphatic rings. The molecule has 0 aliphatic carbocycles. The number of carbonyl (C=O) groups is 1. The highest BCUT2D eigenvalue weighted by molar-refractivity contribution is 5.69. The van der Waals surface area contributed by atoms with E-state index in [1.165, 1.54) is 77.0 Å². The first-order chi connectivity index (χ1) is 34.1. The summed E-state index contributed by atoms with van der Waals surface area (Å²) in [7, 11) is 0. The van der Waals surface area contributed by atoms with E-state index in [1.807, 2.05) is 0 Å². The van der Waals surface area contributed by atoms with E-state index >= 15 is 0 Å². The van der Waals surface area contributed by atoms with Crippen LogP contribution in [0, 0.1) is 0 Å². The number of hydrogen-bond donors (Lipinski definition) is 7. The van der Waals surface area contributed by atoms with Gasteiger partial charge in [-0.3, -0.25) is 4.79 Å². The summed E-state index contributed by atoms with van der Waals surface area (Å²) >= 11 is 0. The van der Waals surface area contributed by atoms with Crippen LogP contribution in [0.2, 0.25) is 0 Å². The van der Waals surface area contributed by atoms with Crippen LogP contribution in [0.1, 0.15) is 187 Å². The van der Waals surface area contributed by atoms with Crippen molar-refractivity contribution in [3.8, 4) is 0 Å². The largest absolute Gasteiger partial charge is 0.457 e. The molecule has 0 spiro atoms. The van der Waals surface area contributed by atoms with Gasteiger partial charge in [0, 0.05) is 13.0 Å². The average molecular weight is 995 g/mol. The van der Waals surface area contributed by atoms with Crippen molar-refractivity contribution in [3.63, 3.8) is 0 Å². The van der Waals surface area contributed by atoms with E-state index in [0.29, 0.717) is 13.0 Å². The highest BCUT2D eigenvalue weighted by Gasteiger charge is 2.47. The standard InChI is InChI=1S/C56H98O14/c1-3-5-7-9-11-13-15-17-19-20-21-22-23-24-25-26-28-30-32-34-36-38-40-65-42-45(68-48(58)39-37-35-33-31-29-27-18-16-14-12-10-8-6-4-2)43-66-55-54(64)52(62)50(60)47(70-55)44-67-56-53(63)51(61)49(59)46(41-57)69-56/h10,12,15-18,20-21,23-24,45-47,49-57,59-64H,3-9,11,13-14,19,22,25-44H2,1-2H3/b12-10-,17-15-,18-16-,21-20-,24-23-. The Hall–Kier alpha value is -2.31. The van der Waals surface area contributed by atoms with Gasteiger partial charge in [0.1, 0.15) is 54.9 Å². The fourth-order valence-corrected chi connectivity index (χ4v) is 8.25. The molecule has 406 valence electrons. The van der Waals surface area contributed by atoms with Gasteiger partial charge in [0.05, 0.1) is 26.4 Å². The van der Waals surface area contributed by atoms with Gasteiger partial charge in [-0.05, 0) is 77.0 Å². The second-order valence-electron chi connectivity index (χ2n) is 19.0. The zero-order chi connectivity index (χ0) is 50.9.